The average molecular weight is 234 g/mol. The standard InChI is InChI=1S/C15H26N2/c1-12-4-5-13(11-16)14(10-12)17-8-6-15(2,3)7-9-17/h12-14H,4-10H2,1-3H3. The van der Waals surface area contributed by atoms with Crippen LogP contribution in [0.2, 0.25) is 0 Å². The van der Waals surface area contributed by atoms with Gasteiger partial charge in [-0.2, -0.15) is 5.26 Å². The molecule has 17 heavy (non-hydrogen) atoms. The Bertz CT molecular complexity index is 293. The van der Waals surface area contributed by atoms with Crippen LogP contribution in [-0.2, 0) is 0 Å². The number of nitriles is 1. The van der Waals surface area contributed by atoms with Gasteiger partial charge in [-0.25, -0.2) is 0 Å². The van der Waals surface area contributed by atoms with Crippen molar-refractivity contribution in [2.24, 2.45) is 17.3 Å². The molecule has 0 N–H and O–H groups in total. The summed E-state index contributed by atoms with van der Waals surface area (Å²) in [5, 5.41) is 9.30. The number of likely N-dealkylation sites (tertiary alicyclic amines) is 1. The maximum atomic E-state index is 9.30. The normalized spacial score (nSPS) is 38.6. The van der Waals surface area contributed by atoms with Gasteiger partial charge in [-0.1, -0.05) is 20.8 Å². The monoisotopic (exact) mass is 234 g/mol. The summed E-state index contributed by atoms with van der Waals surface area (Å²) < 4.78 is 0. The highest BCUT2D eigenvalue weighted by Gasteiger charge is 2.36. The molecule has 1 heterocycles. The third-order valence-corrected chi connectivity index (χ3v) is 4.87. The van der Waals surface area contributed by atoms with Gasteiger partial charge in [0.05, 0.1) is 12.0 Å². The molecule has 0 spiro atoms. The van der Waals surface area contributed by atoms with Crippen molar-refractivity contribution in [2.45, 2.75) is 58.9 Å². The molecule has 2 aliphatic rings. The van der Waals surface area contributed by atoms with Crippen molar-refractivity contribution in [3.8, 4) is 6.07 Å². The lowest BCUT2D eigenvalue weighted by Gasteiger charge is -2.45. The van der Waals surface area contributed by atoms with Crippen molar-refractivity contribution in [1.82, 2.24) is 4.90 Å². The van der Waals surface area contributed by atoms with E-state index in [1.165, 1.54) is 38.8 Å². The quantitative estimate of drug-likeness (QED) is 0.695. The SMILES string of the molecule is CC1CCC(C#N)C(N2CCC(C)(C)CC2)C1. The Morgan fingerprint density at radius 1 is 1.18 bits per heavy atom. The summed E-state index contributed by atoms with van der Waals surface area (Å²) in [6.07, 6.45) is 6.17. The van der Waals surface area contributed by atoms with Gasteiger partial charge in [0.25, 0.3) is 0 Å². The van der Waals surface area contributed by atoms with E-state index in [0.29, 0.717) is 11.5 Å². The van der Waals surface area contributed by atoms with Gasteiger partial charge in [0, 0.05) is 6.04 Å². The number of hydrogen-bond donors (Lipinski definition) is 0. The van der Waals surface area contributed by atoms with E-state index in [-0.39, 0.29) is 5.92 Å². The molecule has 96 valence electrons. The number of piperidine rings is 1. The van der Waals surface area contributed by atoms with Crippen LogP contribution in [0.15, 0.2) is 0 Å². The fourth-order valence-corrected chi connectivity index (χ4v) is 3.37. The number of rotatable bonds is 1. The molecule has 2 heteroatoms. The molecule has 3 unspecified atom stereocenters. The molecule has 0 aromatic heterocycles. The molecular formula is C15H26N2. The maximum Gasteiger partial charge on any atom is 0.0672 e. The lowest BCUT2D eigenvalue weighted by Crippen LogP contribution is -2.48. The third kappa shape index (κ3) is 3.01. The first-order valence-corrected chi connectivity index (χ1v) is 7.15. The lowest BCUT2D eigenvalue weighted by molar-refractivity contribution is 0.0487. The van der Waals surface area contributed by atoms with E-state index in [0.717, 1.165) is 12.3 Å². The van der Waals surface area contributed by atoms with Crippen molar-refractivity contribution in [3.05, 3.63) is 0 Å². The maximum absolute atomic E-state index is 9.30. The van der Waals surface area contributed by atoms with E-state index in [2.05, 4.69) is 31.7 Å². The van der Waals surface area contributed by atoms with E-state index >= 15 is 0 Å². The van der Waals surface area contributed by atoms with Crippen molar-refractivity contribution in [2.75, 3.05) is 13.1 Å². The van der Waals surface area contributed by atoms with Gasteiger partial charge in [0.2, 0.25) is 0 Å². The molecular weight excluding hydrogens is 208 g/mol. The van der Waals surface area contributed by atoms with Gasteiger partial charge in [0.15, 0.2) is 0 Å². The first-order valence-electron chi connectivity index (χ1n) is 7.15. The molecule has 2 rings (SSSR count). The van der Waals surface area contributed by atoms with E-state index in [4.69, 9.17) is 0 Å². The van der Waals surface area contributed by atoms with Gasteiger partial charge < -0.3 is 0 Å². The third-order valence-electron chi connectivity index (χ3n) is 4.87. The number of nitrogens with zero attached hydrogens (tertiary/aromatic N) is 2. The molecule has 1 saturated heterocycles. The van der Waals surface area contributed by atoms with Gasteiger partial charge in [-0.15, -0.1) is 0 Å². The van der Waals surface area contributed by atoms with Crippen molar-refractivity contribution in [1.29, 1.82) is 5.26 Å². The molecule has 0 amide bonds. The molecule has 1 aliphatic carbocycles. The van der Waals surface area contributed by atoms with Gasteiger partial charge in [-0.05, 0) is 56.5 Å². The summed E-state index contributed by atoms with van der Waals surface area (Å²) in [5.41, 5.74) is 0.513. The minimum atomic E-state index is 0.285. The molecule has 1 saturated carbocycles. The fourth-order valence-electron chi connectivity index (χ4n) is 3.37. The van der Waals surface area contributed by atoms with Crippen LogP contribution in [0.1, 0.15) is 52.9 Å². The first-order chi connectivity index (χ1) is 8.02. The predicted molar refractivity (Wildman–Crippen MR) is 70.5 cm³/mol. The van der Waals surface area contributed by atoms with Crippen LogP contribution in [0.25, 0.3) is 0 Å². The van der Waals surface area contributed by atoms with E-state index in [1.54, 1.807) is 0 Å². The second kappa shape index (κ2) is 4.98. The molecule has 1 aliphatic heterocycles. The van der Waals surface area contributed by atoms with Crippen molar-refractivity contribution < 1.29 is 0 Å². The topological polar surface area (TPSA) is 27.0 Å². The van der Waals surface area contributed by atoms with Gasteiger partial charge in [-0.3, -0.25) is 4.90 Å². The minimum Gasteiger partial charge on any atom is -0.299 e. The largest absolute Gasteiger partial charge is 0.299 e. The van der Waals surface area contributed by atoms with Crippen LogP contribution in [0.3, 0.4) is 0 Å². The molecule has 2 fully saturated rings. The van der Waals surface area contributed by atoms with Gasteiger partial charge >= 0.3 is 0 Å². The van der Waals surface area contributed by atoms with Crippen LogP contribution in [0.5, 0.6) is 0 Å². The van der Waals surface area contributed by atoms with E-state index < -0.39 is 0 Å². The zero-order valence-electron chi connectivity index (χ0n) is 11.6. The van der Waals surface area contributed by atoms with Crippen LogP contribution >= 0.6 is 0 Å². The summed E-state index contributed by atoms with van der Waals surface area (Å²) in [7, 11) is 0. The second-order valence-electron chi connectivity index (χ2n) is 6.92. The average Bonchev–Trinajstić information content (AvgIpc) is 2.29. The molecule has 2 nitrogen and oxygen atoms in total. The van der Waals surface area contributed by atoms with E-state index in [9.17, 15) is 5.26 Å². The molecule has 0 aromatic rings. The Morgan fingerprint density at radius 2 is 1.82 bits per heavy atom. The smallest absolute Gasteiger partial charge is 0.0672 e. The highest BCUT2D eigenvalue weighted by molar-refractivity contribution is 4.98. The Hall–Kier alpha value is -0.550. The van der Waals surface area contributed by atoms with Gasteiger partial charge in [0.1, 0.15) is 0 Å². The number of hydrogen-bond acceptors (Lipinski definition) is 2. The highest BCUT2D eigenvalue weighted by atomic mass is 15.2. The summed E-state index contributed by atoms with van der Waals surface area (Å²) in [5.74, 6) is 1.09. The molecule has 3 atom stereocenters. The van der Waals surface area contributed by atoms with E-state index in [1.807, 2.05) is 0 Å². The lowest BCUT2D eigenvalue weighted by atomic mass is 9.76. The van der Waals surface area contributed by atoms with Crippen molar-refractivity contribution in [3.63, 3.8) is 0 Å². The predicted octanol–water partition coefficient (Wildman–Crippen LogP) is 3.44. The summed E-state index contributed by atoms with van der Waals surface area (Å²) in [6, 6.07) is 3.09. The van der Waals surface area contributed by atoms with Crippen molar-refractivity contribution >= 4 is 0 Å². The Labute approximate surface area is 106 Å². The molecule has 0 radical (unpaired) electrons. The Balaban J connectivity index is 1.98. The fraction of sp³-hybridized carbons (Fsp3) is 0.933. The Kier molecular flexibility index (Phi) is 3.78. The second-order valence-corrected chi connectivity index (χ2v) is 6.92. The highest BCUT2D eigenvalue weighted by Crippen LogP contribution is 2.36. The molecule has 0 bridgehead atoms. The van der Waals surface area contributed by atoms with Crippen LogP contribution in [0.4, 0.5) is 0 Å². The zero-order chi connectivity index (χ0) is 12.5. The summed E-state index contributed by atoms with van der Waals surface area (Å²) in [6.45, 7) is 9.48. The van der Waals surface area contributed by atoms with Crippen LogP contribution in [0, 0.1) is 28.6 Å². The summed E-state index contributed by atoms with van der Waals surface area (Å²) >= 11 is 0. The minimum absolute atomic E-state index is 0.285. The Morgan fingerprint density at radius 3 is 2.41 bits per heavy atom. The molecule has 0 aromatic carbocycles. The zero-order valence-corrected chi connectivity index (χ0v) is 11.6. The van der Waals surface area contributed by atoms with Crippen LogP contribution in [-0.4, -0.2) is 24.0 Å². The first kappa shape index (κ1) is 12.9. The summed E-state index contributed by atoms with van der Waals surface area (Å²) in [4.78, 5) is 2.61. The van der Waals surface area contributed by atoms with Crippen LogP contribution < -0.4 is 0 Å².